The van der Waals surface area contributed by atoms with Gasteiger partial charge in [0.2, 0.25) is 0 Å². The van der Waals surface area contributed by atoms with E-state index in [2.05, 4.69) is 31.9 Å². The average molecular weight is 375 g/mol. The fraction of sp³-hybridized carbons (Fsp3) is 0.455. The number of benzene rings is 1. The lowest BCUT2D eigenvalue weighted by Gasteiger charge is -2.20. The third kappa shape index (κ3) is 5.88. The minimum atomic E-state index is -2.38. The second-order valence-corrected chi connectivity index (χ2v) is 5.30. The van der Waals surface area contributed by atoms with E-state index in [0.29, 0.717) is 28.5 Å². The van der Waals surface area contributed by atoms with Gasteiger partial charge in [-0.3, -0.25) is 4.90 Å². The molecule has 0 amide bonds. The van der Waals surface area contributed by atoms with Crippen molar-refractivity contribution in [3.63, 3.8) is 0 Å². The summed E-state index contributed by atoms with van der Waals surface area (Å²) in [5.74, 6) is -0.370. The monoisotopic (exact) mass is 373 g/mol. The Balaban J connectivity index is 2.70. The van der Waals surface area contributed by atoms with Crippen LogP contribution in [-0.4, -0.2) is 29.7 Å². The quantitative estimate of drug-likeness (QED) is 0.679. The molecule has 1 nitrogen and oxygen atoms in total. The Labute approximate surface area is 115 Å². The van der Waals surface area contributed by atoms with Crippen LogP contribution in [0.25, 0.3) is 0 Å². The number of halogens is 5. The molecule has 0 atom stereocenters. The van der Waals surface area contributed by atoms with Gasteiger partial charge in [0.25, 0.3) is 6.43 Å². The van der Waals surface area contributed by atoms with E-state index in [1.54, 1.807) is 11.0 Å². The highest BCUT2D eigenvalue weighted by molar-refractivity contribution is 9.10. The van der Waals surface area contributed by atoms with Crippen LogP contribution < -0.4 is 0 Å². The lowest BCUT2D eigenvalue weighted by molar-refractivity contribution is 0.0881. The molecule has 1 aromatic rings. The average Bonchev–Trinajstić information content (AvgIpc) is 2.14. The zero-order chi connectivity index (χ0) is 12.8. The molecule has 0 heterocycles. The highest BCUT2D eigenvalue weighted by Gasteiger charge is 2.12. The number of nitrogens with zero attached hydrogens (tertiary/aromatic N) is 1. The molecular formula is C11H12Br2F3N. The molecule has 0 saturated heterocycles. The minimum Gasteiger partial charge on any atom is -0.293 e. The summed E-state index contributed by atoms with van der Waals surface area (Å²) in [6.45, 7) is 0.504. The molecule has 1 rings (SSSR count). The maximum absolute atomic E-state index is 13.1. The Morgan fingerprint density at radius 2 is 1.94 bits per heavy atom. The van der Waals surface area contributed by atoms with Crippen molar-refractivity contribution in [2.24, 2.45) is 0 Å². The molecule has 0 aliphatic heterocycles. The van der Waals surface area contributed by atoms with Crippen LogP contribution in [0.4, 0.5) is 13.2 Å². The number of alkyl halides is 3. The normalized spacial score (nSPS) is 11.5. The standard InChI is InChI=1S/C11H12Br2F3N/c12-1-2-17(7-11(15)16)6-8-3-9(13)5-10(14)4-8/h3-5,11H,1-2,6-7H2. The highest BCUT2D eigenvalue weighted by atomic mass is 79.9. The summed E-state index contributed by atoms with van der Waals surface area (Å²) in [6.07, 6.45) is -2.38. The van der Waals surface area contributed by atoms with Crippen LogP contribution in [-0.2, 0) is 6.54 Å². The van der Waals surface area contributed by atoms with Gasteiger partial charge in [-0.05, 0) is 23.8 Å². The van der Waals surface area contributed by atoms with Gasteiger partial charge in [-0.15, -0.1) is 0 Å². The first-order chi connectivity index (χ1) is 8.01. The fourth-order valence-electron chi connectivity index (χ4n) is 1.51. The predicted molar refractivity (Wildman–Crippen MR) is 69.2 cm³/mol. The van der Waals surface area contributed by atoms with Gasteiger partial charge in [0.05, 0.1) is 6.54 Å². The van der Waals surface area contributed by atoms with Crippen LogP contribution in [0.15, 0.2) is 22.7 Å². The molecule has 17 heavy (non-hydrogen) atoms. The largest absolute Gasteiger partial charge is 0.293 e. The molecule has 0 bridgehead atoms. The van der Waals surface area contributed by atoms with Gasteiger partial charge in [0, 0.05) is 22.9 Å². The van der Waals surface area contributed by atoms with E-state index < -0.39 is 6.43 Å². The molecule has 0 saturated carbocycles. The van der Waals surface area contributed by atoms with Crippen molar-refractivity contribution in [2.45, 2.75) is 13.0 Å². The number of rotatable bonds is 6. The second kappa shape index (κ2) is 7.38. The molecule has 0 fully saturated rings. The van der Waals surface area contributed by atoms with Crippen LogP contribution in [0.3, 0.4) is 0 Å². The van der Waals surface area contributed by atoms with Crippen molar-refractivity contribution in [1.82, 2.24) is 4.90 Å². The Bertz CT molecular complexity index is 340. The van der Waals surface area contributed by atoms with Gasteiger partial charge in [0.15, 0.2) is 0 Å². The Kier molecular flexibility index (Phi) is 6.51. The van der Waals surface area contributed by atoms with Crippen molar-refractivity contribution < 1.29 is 13.2 Å². The van der Waals surface area contributed by atoms with Gasteiger partial charge < -0.3 is 0 Å². The maximum atomic E-state index is 13.1. The first-order valence-corrected chi connectivity index (χ1v) is 6.94. The predicted octanol–water partition coefficient (Wildman–Crippen LogP) is 4.05. The zero-order valence-corrected chi connectivity index (χ0v) is 12.1. The summed E-state index contributed by atoms with van der Waals surface area (Å²) in [6, 6.07) is 4.43. The van der Waals surface area contributed by atoms with Crippen molar-refractivity contribution in [3.8, 4) is 0 Å². The van der Waals surface area contributed by atoms with Gasteiger partial charge in [0.1, 0.15) is 5.82 Å². The Morgan fingerprint density at radius 3 is 2.47 bits per heavy atom. The third-order valence-electron chi connectivity index (χ3n) is 2.13. The molecule has 0 spiro atoms. The van der Waals surface area contributed by atoms with Crippen molar-refractivity contribution in [1.29, 1.82) is 0 Å². The van der Waals surface area contributed by atoms with Crippen LogP contribution in [0, 0.1) is 5.82 Å². The van der Waals surface area contributed by atoms with Crippen molar-refractivity contribution in [2.75, 3.05) is 18.4 Å². The zero-order valence-electron chi connectivity index (χ0n) is 8.97. The maximum Gasteiger partial charge on any atom is 0.251 e. The van der Waals surface area contributed by atoms with Crippen molar-refractivity contribution in [3.05, 3.63) is 34.1 Å². The van der Waals surface area contributed by atoms with Crippen LogP contribution in [0.2, 0.25) is 0 Å². The highest BCUT2D eigenvalue weighted by Crippen LogP contribution is 2.17. The molecule has 0 unspecified atom stereocenters. The summed E-state index contributed by atoms with van der Waals surface area (Å²) in [5.41, 5.74) is 0.679. The van der Waals surface area contributed by atoms with Gasteiger partial charge in [-0.25, -0.2) is 13.2 Å². The number of hydrogen-bond acceptors (Lipinski definition) is 1. The first kappa shape index (κ1) is 15.0. The lowest BCUT2D eigenvalue weighted by Crippen LogP contribution is -2.30. The lowest BCUT2D eigenvalue weighted by atomic mass is 10.2. The number of hydrogen-bond donors (Lipinski definition) is 0. The molecule has 6 heteroatoms. The van der Waals surface area contributed by atoms with E-state index in [1.807, 2.05) is 0 Å². The summed E-state index contributed by atoms with van der Waals surface area (Å²) in [7, 11) is 0. The van der Waals surface area contributed by atoms with E-state index in [-0.39, 0.29) is 12.4 Å². The summed E-state index contributed by atoms with van der Waals surface area (Å²) in [5, 5.41) is 0.607. The van der Waals surface area contributed by atoms with Crippen LogP contribution in [0.5, 0.6) is 0 Å². The second-order valence-electron chi connectivity index (χ2n) is 3.59. The SMILES string of the molecule is Fc1cc(Br)cc(CN(CCBr)CC(F)F)c1. The topological polar surface area (TPSA) is 3.24 Å². The van der Waals surface area contributed by atoms with Crippen LogP contribution in [0.1, 0.15) is 5.56 Å². The molecule has 1 aromatic carbocycles. The van der Waals surface area contributed by atoms with E-state index in [9.17, 15) is 13.2 Å². The smallest absolute Gasteiger partial charge is 0.251 e. The molecule has 0 radical (unpaired) electrons. The van der Waals surface area contributed by atoms with Gasteiger partial charge in [-0.1, -0.05) is 31.9 Å². The molecular weight excluding hydrogens is 363 g/mol. The summed E-state index contributed by atoms with van der Waals surface area (Å²) < 4.78 is 38.4. The molecule has 0 aromatic heterocycles. The first-order valence-electron chi connectivity index (χ1n) is 5.02. The molecule has 0 aliphatic rings. The van der Waals surface area contributed by atoms with Crippen LogP contribution >= 0.6 is 31.9 Å². The third-order valence-corrected chi connectivity index (χ3v) is 2.94. The van der Waals surface area contributed by atoms with E-state index >= 15 is 0 Å². The van der Waals surface area contributed by atoms with Crippen molar-refractivity contribution >= 4 is 31.9 Å². The van der Waals surface area contributed by atoms with E-state index in [0.717, 1.165) is 0 Å². The Hall–Kier alpha value is -0.0700. The van der Waals surface area contributed by atoms with E-state index in [1.165, 1.54) is 12.1 Å². The minimum absolute atomic E-state index is 0.306. The molecule has 0 aliphatic carbocycles. The Morgan fingerprint density at radius 1 is 1.24 bits per heavy atom. The summed E-state index contributed by atoms with van der Waals surface area (Å²) in [4.78, 5) is 1.58. The van der Waals surface area contributed by atoms with Gasteiger partial charge >= 0.3 is 0 Å². The summed E-state index contributed by atoms with van der Waals surface area (Å²) >= 11 is 6.39. The molecule has 0 N–H and O–H groups in total. The van der Waals surface area contributed by atoms with Gasteiger partial charge in [-0.2, -0.15) is 0 Å². The fourth-order valence-corrected chi connectivity index (χ4v) is 2.52. The molecule has 96 valence electrons. The van der Waals surface area contributed by atoms with E-state index in [4.69, 9.17) is 0 Å².